The van der Waals surface area contributed by atoms with E-state index in [0.717, 1.165) is 41.9 Å². The molecule has 0 atom stereocenters. The second-order valence-corrected chi connectivity index (χ2v) is 7.08. The van der Waals surface area contributed by atoms with E-state index in [4.69, 9.17) is 4.74 Å². The van der Waals surface area contributed by atoms with Gasteiger partial charge >= 0.3 is 0 Å². The summed E-state index contributed by atoms with van der Waals surface area (Å²) in [6, 6.07) is 18.4. The van der Waals surface area contributed by atoms with Crippen LogP contribution in [-0.4, -0.2) is 23.6 Å². The Balaban J connectivity index is 1.66. The highest BCUT2D eigenvalue weighted by Crippen LogP contribution is 2.26. The Labute approximate surface area is 167 Å². The van der Waals surface area contributed by atoms with Gasteiger partial charge in [-0.05, 0) is 48.6 Å². The molecule has 0 radical (unpaired) electrons. The van der Waals surface area contributed by atoms with Crippen LogP contribution >= 0.6 is 0 Å². The third-order valence-corrected chi connectivity index (χ3v) is 4.56. The average Bonchev–Trinajstić information content (AvgIpc) is 2.68. The van der Waals surface area contributed by atoms with Gasteiger partial charge in [0.25, 0.3) is 0 Å². The van der Waals surface area contributed by atoms with E-state index in [0.29, 0.717) is 5.92 Å². The van der Waals surface area contributed by atoms with Gasteiger partial charge in [0.15, 0.2) is 0 Å². The molecule has 146 valence electrons. The van der Waals surface area contributed by atoms with Gasteiger partial charge in [-0.3, -0.25) is 0 Å². The first kappa shape index (κ1) is 19.7. The van der Waals surface area contributed by atoms with Crippen LogP contribution in [0.5, 0.6) is 5.75 Å². The van der Waals surface area contributed by atoms with Crippen molar-refractivity contribution in [2.45, 2.75) is 33.1 Å². The normalized spacial score (nSPS) is 10.8. The van der Waals surface area contributed by atoms with E-state index in [1.54, 1.807) is 7.11 Å². The maximum Gasteiger partial charge on any atom is 0.136 e. The second-order valence-electron chi connectivity index (χ2n) is 7.08. The van der Waals surface area contributed by atoms with Crippen LogP contribution in [0.25, 0.3) is 0 Å². The fraction of sp³-hybridized carbons (Fsp3) is 0.304. The lowest BCUT2D eigenvalue weighted by molar-refractivity contribution is 0.414. The predicted octanol–water partition coefficient (Wildman–Crippen LogP) is 5.32. The molecule has 0 saturated heterocycles. The Hall–Kier alpha value is -3.08. The van der Waals surface area contributed by atoms with Crippen LogP contribution in [0, 0.1) is 6.92 Å². The van der Waals surface area contributed by atoms with Crippen molar-refractivity contribution in [3.05, 3.63) is 71.5 Å². The Kier molecular flexibility index (Phi) is 6.48. The summed E-state index contributed by atoms with van der Waals surface area (Å²) in [6.45, 7) is 7.09. The number of aryl methyl sites for hydroxylation is 1. The molecule has 2 N–H and O–H groups in total. The summed E-state index contributed by atoms with van der Waals surface area (Å²) in [5, 5.41) is 6.85. The van der Waals surface area contributed by atoms with Gasteiger partial charge in [0, 0.05) is 18.3 Å². The molecular formula is C23H28N4O. The van der Waals surface area contributed by atoms with Crippen LogP contribution in [0.3, 0.4) is 0 Å². The summed E-state index contributed by atoms with van der Waals surface area (Å²) < 4.78 is 5.20. The molecule has 0 unspecified atom stereocenters. The van der Waals surface area contributed by atoms with E-state index in [2.05, 4.69) is 64.8 Å². The van der Waals surface area contributed by atoms with Gasteiger partial charge in [0.05, 0.1) is 7.11 Å². The van der Waals surface area contributed by atoms with Crippen molar-refractivity contribution < 1.29 is 4.74 Å². The third-order valence-electron chi connectivity index (χ3n) is 4.56. The van der Waals surface area contributed by atoms with Crippen LogP contribution in [-0.2, 0) is 6.42 Å². The largest absolute Gasteiger partial charge is 0.497 e. The van der Waals surface area contributed by atoms with E-state index >= 15 is 0 Å². The number of benzene rings is 2. The number of nitrogens with zero attached hydrogens (tertiary/aromatic N) is 2. The minimum absolute atomic E-state index is 0.439. The van der Waals surface area contributed by atoms with Gasteiger partial charge in [-0.1, -0.05) is 44.2 Å². The van der Waals surface area contributed by atoms with Gasteiger partial charge in [-0.25, -0.2) is 9.97 Å². The number of ether oxygens (including phenoxy) is 1. The molecule has 0 aliphatic rings. The summed E-state index contributed by atoms with van der Waals surface area (Å²) in [7, 11) is 1.68. The zero-order valence-electron chi connectivity index (χ0n) is 17.0. The Morgan fingerprint density at radius 3 is 2.39 bits per heavy atom. The number of methoxy groups -OCH3 is 1. The molecule has 3 aromatic rings. The highest BCUT2D eigenvalue weighted by Gasteiger charge is 2.08. The van der Waals surface area contributed by atoms with Gasteiger partial charge in [0.1, 0.15) is 23.2 Å². The highest BCUT2D eigenvalue weighted by molar-refractivity contribution is 5.63. The molecule has 0 spiro atoms. The van der Waals surface area contributed by atoms with Crippen molar-refractivity contribution in [2.75, 3.05) is 24.3 Å². The molecule has 0 aliphatic carbocycles. The van der Waals surface area contributed by atoms with E-state index in [9.17, 15) is 0 Å². The van der Waals surface area contributed by atoms with Crippen LogP contribution in [0.4, 0.5) is 17.3 Å². The number of rotatable bonds is 8. The van der Waals surface area contributed by atoms with Gasteiger partial charge < -0.3 is 15.4 Å². The number of hydrogen-bond donors (Lipinski definition) is 2. The molecule has 3 rings (SSSR count). The summed E-state index contributed by atoms with van der Waals surface area (Å²) >= 11 is 0. The maximum absolute atomic E-state index is 5.20. The number of anilines is 3. The minimum atomic E-state index is 0.439. The molecule has 2 aromatic carbocycles. The molecule has 28 heavy (non-hydrogen) atoms. The minimum Gasteiger partial charge on any atom is -0.497 e. The van der Waals surface area contributed by atoms with Crippen molar-refractivity contribution in [3.63, 3.8) is 0 Å². The molecule has 5 nitrogen and oxygen atoms in total. The van der Waals surface area contributed by atoms with Crippen LogP contribution in [0.1, 0.15) is 36.7 Å². The number of aromatic nitrogens is 2. The molecule has 0 saturated carbocycles. The molecule has 0 amide bonds. The van der Waals surface area contributed by atoms with E-state index in [1.807, 2.05) is 31.2 Å². The Morgan fingerprint density at radius 1 is 0.964 bits per heavy atom. The van der Waals surface area contributed by atoms with E-state index < -0.39 is 0 Å². The van der Waals surface area contributed by atoms with Crippen molar-refractivity contribution in [3.8, 4) is 5.75 Å². The lowest BCUT2D eigenvalue weighted by Gasteiger charge is -2.15. The molecule has 5 heteroatoms. The van der Waals surface area contributed by atoms with Crippen LogP contribution in [0.15, 0.2) is 54.6 Å². The van der Waals surface area contributed by atoms with Crippen molar-refractivity contribution in [1.29, 1.82) is 0 Å². The number of hydrogen-bond acceptors (Lipinski definition) is 5. The Morgan fingerprint density at radius 2 is 1.68 bits per heavy atom. The Bertz CT molecular complexity index is 907. The lowest BCUT2D eigenvalue weighted by Crippen LogP contribution is -2.09. The fourth-order valence-electron chi connectivity index (χ4n) is 3.10. The summed E-state index contributed by atoms with van der Waals surface area (Å²) in [5.41, 5.74) is 3.61. The maximum atomic E-state index is 5.20. The van der Waals surface area contributed by atoms with Crippen molar-refractivity contribution in [1.82, 2.24) is 9.97 Å². The molecule has 0 aliphatic heterocycles. The lowest BCUT2D eigenvalue weighted by atomic mass is 10.0. The third kappa shape index (κ3) is 5.22. The average molecular weight is 377 g/mol. The molecule has 0 bridgehead atoms. The second kappa shape index (κ2) is 9.22. The quantitative estimate of drug-likeness (QED) is 0.557. The molecular weight excluding hydrogens is 348 g/mol. The first-order valence-electron chi connectivity index (χ1n) is 9.63. The van der Waals surface area contributed by atoms with E-state index in [-0.39, 0.29) is 0 Å². The predicted molar refractivity (Wildman–Crippen MR) is 116 cm³/mol. The van der Waals surface area contributed by atoms with Crippen molar-refractivity contribution in [2.24, 2.45) is 0 Å². The first-order chi connectivity index (χ1) is 13.5. The topological polar surface area (TPSA) is 59.1 Å². The van der Waals surface area contributed by atoms with Gasteiger partial charge in [-0.15, -0.1) is 0 Å². The smallest absolute Gasteiger partial charge is 0.136 e. The SMILES string of the molecule is COc1ccc(CCNc2cc(Nc3ccccc3C(C)C)nc(C)n2)cc1. The first-order valence-corrected chi connectivity index (χ1v) is 9.63. The summed E-state index contributed by atoms with van der Waals surface area (Å²) in [4.78, 5) is 9.05. The monoisotopic (exact) mass is 376 g/mol. The summed E-state index contributed by atoms with van der Waals surface area (Å²) in [6.07, 6.45) is 0.909. The molecule has 1 aromatic heterocycles. The van der Waals surface area contributed by atoms with Gasteiger partial charge in [0.2, 0.25) is 0 Å². The van der Waals surface area contributed by atoms with Crippen LogP contribution in [0.2, 0.25) is 0 Å². The van der Waals surface area contributed by atoms with Crippen molar-refractivity contribution >= 4 is 17.3 Å². The standard InChI is InChI=1S/C23H28N4O/c1-16(2)20-7-5-6-8-21(20)27-23-15-22(25-17(3)26-23)24-14-13-18-9-11-19(28-4)12-10-18/h5-12,15-16H,13-14H2,1-4H3,(H2,24,25,26,27). The molecule has 0 fully saturated rings. The summed E-state index contributed by atoms with van der Waals surface area (Å²) in [5.74, 6) is 3.67. The van der Waals surface area contributed by atoms with Gasteiger partial charge in [-0.2, -0.15) is 0 Å². The molecule has 1 heterocycles. The number of para-hydroxylation sites is 1. The fourth-order valence-corrected chi connectivity index (χ4v) is 3.10. The van der Waals surface area contributed by atoms with Crippen LogP contribution < -0.4 is 15.4 Å². The highest BCUT2D eigenvalue weighted by atomic mass is 16.5. The van der Waals surface area contributed by atoms with E-state index in [1.165, 1.54) is 11.1 Å². The zero-order valence-corrected chi connectivity index (χ0v) is 17.0. The number of nitrogens with one attached hydrogen (secondary N) is 2. The zero-order chi connectivity index (χ0) is 19.9.